The Morgan fingerprint density at radius 1 is 1.18 bits per heavy atom. The molecule has 2 heterocycles. The molecule has 0 bridgehead atoms. The summed E-state index contributed by atoms with van der Waals surface area (Å²) in [5, 5.41) is 37.6. The quantitative estimate of drug-likeness (QED) is 0.399. The molecule has 9 nitrogen and oxygen atoms in total. The molecule has 0 unspecified atom stereocenters. The average Bonchev–Trinajstić information content (AvgIpc) is 3.25. The Labute approximate surface area is 166 Å². The van der Waals surface area contributed by atoms with Crippen molar-refractivity contribution < 1.29 is 15.3 Å². The Balaban J connectivity index is 1.64. The van der Waals surface area contributed by atoms with Crippen molar-refractivity contribution in [2.45, 2.75) is 30.8 Å². The van der Waals surface area contributed by atoms with Crippen LogP contribution in [0.15, 0.2) is 36.8 Å². The number of benzene rings is 1. The molecule has 5 atom stereocenters. The van der Waals surface area contributed by atoms with E-state index in [1.165, 1.54) is 6.33 Å². The lowest BCUT2D eigenvalue weighted by molar-refractivity contribution is -0.0271. The van der Waals surface area contributed by atoms with Crippen LogP contribution in [0.3, 0.4) is 0 Å². The molecule has 3 aromatic rings. The summed E-state index contributed by atoms with van der Waals surface area (Å²) in [7, 11) is 1.72. The molecule has 2 aromatic heterocycles. The van der Waals surface area contributed by atoms with E-state index in [4.69, 9.17) is 11.6 Å². The highest BCUT2D eigenvalue weighted by Crippen LogP contribution is 2.42. The van der Waals surface area contributed by atoms with Crippen molar-refractivity contribution in [2.24, 2.45) is 5.92 Å². The molecule has 0 aliphatic heterocycles. The largest absolute Gasteiger partial charge is 0.390 e. The lowest BCUT2D eigenvalue weighted by atomic mass is 9.92. The van der Waals surface area contributed by atoms with E-state index >= 15 is 0 Å². The predicted octanol–water partition coefficient (Wildman–Crippen LogP) is 1.04. The molecule has 0 spiro atoms. The van der Waals surface area contributed by atoms with Crippen molar-refractivity contribution in [3.8, 4) is 0 Å². The van der Waals surface area contributed by atoms with E-state index < -0.39 is 30.3 Å². The minimum atomic E-state index is -1.10. The highest BCUT2D eigenvalue weighted by Gasteiger charge is 2.46. The van der Waals surface area contributed by atoms with Gasteiger partial charge in [0.25, 0.3) is 0 Å². The molecular weight excluding hydrogens is 384 g/mol. The van der Waals surface area contributed by atoms with E-state index in [0.717, 1.165) is 0 Å². The lowest BCUT2D eigenvalue weighted by Gasteiger charge is -2.22. The molecule has 0 amide bonds. The molecule has 1 aromatic carbocycles. The maximum atomic E-state index is 10.8. The number of aliphatic hydroxyl groups is 3. The van der Waals surface area contributed by atoms with Crippen LogP contribution in [0.1, 0.15) is 24.1 Å². The van der Waals surface area contributed by atoms with Gasteiger partial charge in [0.1, 0.15) is 12.4 Å². The minimum Gasteiger partial charge on any atom is -0.390 e. The second kappa shape index (κ2) is 7.61. The maximum absolute atomic E-state index is 10.8. The molecule has 1 aliphatic rings. The molecular formula is C18H21ClN6O3. The van der Waals surface area contributed by atoms with Gasteiger partial charge in [-0.25, -0.2) is 20.1 Å². The zero-order valence-electron chi connectivity index (χ0n) is 15.1. The van der Waals surface area contributed by atoms with Gasteiger partial charge in [0.05, 0.1) is 29.8 Å². The van der Waals surface area contributed by atoms with Gasteiger partial charge in [0, 0.05) is 18.0 Å². The predicted molar refractivity (Wildman–Crippen MR) is 104 cm³/mol. The van der Waals surface area contributed by atoms with Crippen LogP contribution in [0.4, 0.5) is 5.82 Å². The molecule has 28 heavy (non-hydrogen) atoms. The Hall–Kier alpha value is -2.30. The highest BCUT2D eigenvalue weighted by atomic mass is 35.5. The number of hydrogen-bond donors (Lipinski definition) is 5. The minimum absolute atomic E-state index is 0.335. The maximum Gasteiger partial charge on any atom is 0.163 e. The number of anilines is 1. The molecule has 1 saturated carbocycles. The van der Waals surface area contributed by atoms with Gasteiger partial charge < -0.3 is 20.7 Å². The van der Waals surface area contributed by atoms with E-state index in [1.807, 2.05) is 0 Å². The van der Waals surface area contributed by atoms with E-state index in [9.17, 15) is 15.3 Å². The summed E-state index contributed by atoms with van der Waals surface area (Å²) in [4.78, 5) is 8.44. The number of hydrogen-bond acceptors (Lipinski definition) is 8. The fourth-order valence-electron chi connectivity index (χ4n) is 3.83. The Kier molecular flexibility index (Phi) is 5.17. The van der Waals surface area contributed by atoms with Crippen LogP contribution < -0.4 is 10.9 Å². The van der Waals surface area contributed by atoms with Crippen molar-refractivity contribution in [3.05, 3.63) is 47.4 Å². The summed E-state index contributed by atoms with van der Waals surface area (Å²) in [5.74, 6) is 0.00157. The topological polar surface area (TPSA) is 128 Å². The molecule has 4 rings (SSSR count). The van der Waals surface area contributed by atoms with Crippen molar-refractivity contribution >= 4 is 28.5 Å². The van der Waals surface area contributed by atoms with Gasteiger partial charge in [-0.1, -0.05) is 23.7 Å². The number of nitrogens with zero attached hydrogens (tertiary/aromatic N) is 4. The fourth-order valence-corrected chi connectivity index (χ4v) is 3.95. The molecule has 1 fully saturated rings. The van der Waals surface area contributed by atoms with Gasteiger partial charge in [-0.05, 0) is 24.1 Å². The van der Waals surface area contributed by atoms with Gasteiger partial charge in [0.2, 0.25) is 0 Å². The lowest BCUT2D eigenvalue weighted by Crippen LogP contribution is -2.31. The van der Waals surface area contributed by atoms with Crippen LogP contribution in [0.5, 0.6) is 0 Å². The summed E-state index contributed by atoms with van der Waals surface area (Å²) in [5.41, 5.74) is 6.88. The third-order valence-corrected chi connectivity index (χ3v) is 5.51. The highest BCUT2D eigenvalue weighted by molar-refractivity contribution is 6.30. The van der Waals surface area contributed by atoms with Gasteiger partial charge in [0.15, 0.2) is 11.5 Å². The number of aromatic nitrogens is 4. The van der Waals surface area contributed by atoms with Crippen molar-refractivity contribution in [1.82, 2.24) is 25.2 Å². The number of halogens is 1. The molecule has 0 radical (unpaired) electrons. The third-order valence-electron chi connectivity index (χ3n) is 5.26. The van der Waals surface area contributed by atoms with Crippen LogP contribution >= 0.6 is 11.6 Å². The number of rotatable bonds is 5. The Bertz CT molecular complexity index is 966. The first-order valence-electron chi connectivity index (χ1n) is 8.92. The van der Waals surface area contributed by atoms with Gasteiger partial charge >= 0.3 is 0 Å². The van der Waals surface area contributed by atoms with Crippen molar-refractivity contribution in [2.75, 3.05) is 12.5 Å². The SMILES string of the molecule is CNNc1ncnc2c1cnn2[C@@H]1C[C@H]([C@H](O)c2ccc(Cl)cc2)[C@@H](O)[C@H]1O. The van der Waals surface area contributed by atoms with Gasteiger partial charge in [-0.15, -0.1) is 0 Å². The van der Waals surface area contributed by atoms with Crippen LogP contribution in [0.25, 0.3) is 11.0 Å². The molecule has 1 aliphatic carbocycles. The average molecular weight is 405 g/mol. The summed E-state index contributed by atoms with van der Waals surface area (Å²) in [6, 6.07) is 6.27. The van der Waals surface area contributed by atoms with Gasteiger partial charge in [-0.3, -0.25) is 0 Å². The summed E-state index contributed by atoms with van der Waals surface area (Å²) >= 11 is 5.91. The Morgan fingerprint density at radius 2 is 1.93 bits per heavy atom. The van der Waals surface area contributed by atoms with Crippen LogP contribution in [-0.4, -0.2) is 54.3 Å². The van der Waals surface area contributed by atoms with E-state index in [0.29, 0.717) is 33.9 Å². The molecule has 5 N–H and O–H groups in total. The third kappa shape index (κ3) is 3.21. The van der Waals surface area contributed by atoms with E-state index in [2.05, 4.69) is 25.9 Å². The molecule has 148 valence electrons. The number of hydrazine groups is 1. The zero-order chi connectivity index (χ0) is 19.8. The first-order valence-corrected chi connectivity index (χ1v) is 9.29. The number of nitrogens with one attached hydrogen (secondary N) is 2. The van der Waals surface area contributed by atoms with Crippen LogP contribution in [0.2, 0.25) is 5.02 Å². The first kappa shape index (κ1) is 19.0. The second-order valence-electron chi connectivity index (χ2n) is 6.87. The fraction of sp³-hybridized carbons (Fsp3) is 0.389. The van der Waals surface area contributed by atoms with Crippen LogP contribution in [-0.2, 0) is 0 Å². The second-order valence-corrected chi connectivity index (χ2v) is 7.30. The van der Waals surface area contributed by atoms with Crippen LogP contribution in [0, 0.1) is 5.92 Å². The van der Waals surface area contributed by atoms with E-state index in [1.54, 1.807) is 42.2 Å². The van der Waals surface area contributed by atoms with Crippen molar-refractivity contribution in [1.29, 1.82) is 0 Å². The molecule has 0 saturated heterocycles. The smallest absolute Gasteiger partial charge is 0.163 e. The van der Waals surface area contributed by atoms with E-state index in [-0.39, 0.29) is 0 Å². The summed E-state index contributed by atoms with van der Waals surface area (Å²) in [6.07, 6.45) is 0.207. The number of fused-ring (bicyclic) bond motifs is 1. The summed E-state index contributed by atoms with van der Waals surface area (Å²) in [6.45, 7) is 0. The Morgan fingerprint density at radius 3 is 2.64 bits per heavy atom. The normalized spacial score (nSPS) is 25.9. The zero-order valence-corrected chi connectivity index (χ0v) is 15.8. The summed E-state index contributed by atoms with van der Waals surface area (Å²) < 4.78 is 1.58. The molecule has 10 heteroatoms. The standard InChI is InChI=1S/C18H21ClN6O3/c1-20-24-17-12-7-23-25(18(12)22-8-21-17)13-6-11(15(27)16(13)28)14(26)9-2-4-10(19)5-3-9/h2-5,7-8,11,13-16,20,26-28H,6H2,1H3,(H,21,22,24)/t11-,13-,14-,15-,16+/m1/s1. The first-order chi connectivity index (χ1) is 13.5. The van der Waals surface area contributed by atoms with Gasteiger partial charge in [-0.2, -0.15) is 5.10 Å². The van der Waals surface area contributed by atoms with Crippen molar-refractivity contribution in [3.63, 3.8) is 0 Å². The monoisotopic (exact) mass is 404 g/mol. The number of aliphatic hydroxyl groups excluding tert-OH is 3.